The number of benzene rings is 1. The molecule has 18 heavy (non-hydrogen) atoms. The average molecular weight is 345 g/mol. The molecular weight excluding hydrogens is 330 g/mol. The summed E-state index contributed by atoms with van der Waals surface area (Å²) >= 11 is 11.4. The Morgan fingerprint density at radius 3 is 2.78 bits per heavy atom. The van der Waals surface area contributed by atoms with E-state index in [1.54, 1.807) is 11.3 Å². The summed E-state index contributed by atoms with van der Waals surface area (Å²) in [6.07, 6.45) is 0. The van der Waals surface area contributed by atoms with Gasteiger partial charge >= 0.3 is 0 Å². The van der Waals surface area contributed by atoms with Crippen molar-refractivity contribution in [3.05, 3.63) is 55.1 Å². The van der Waals surface area contributed by atoms with Gasteiger partial charge in [0.15, 0.2) is 0 Å². The Kier molecular flexibility index (Phi) is 4.84. The second-order valence-electron chi connectivity index (χ2n) is 4.35. The molecule has 1 atom stereocenters. The predicted octanol–water partition coefficient (Wildman–Crippen LogP) is 5.32. The van der Waals surface area contributed by atoms with Crippen molar-refractivity contribution in [3.63, 3.8) is 0 Å². The summed E-state index contributed by atoms with van der Waals surface area (Å²) in [7, 11) is 0. The molecule has 1 nitrogen and oxygen atoms in total. The van der Waals surface area contributed by atoms with Gasteiger partial charge in [0.25, 0.3) is 0 Å². The van der Waals surface area contributed by atoms with E-state index in [-0.39, 0.29) is 6.04 Å². The van der Waals surface area contributed by atoms with Crippen molar-refractivity contribution in [2.45, 2.75) is 26.4 Å². The minimum Gasteiger partial charge on any atom is -0.306 e. The molecule has 0 fully saturated rings. The van der Waals surface area contributed by atoms with E-state index < -0.39 is 0 Å². The maximum atomic E-state index is 6.25. The molecule has 2 aromatic rings. The Bertz CT molecular complexity index is 538. The zero-order chi connectivity index (χ0) is 13.1. The SMILES string of the molecule is Cc1cscc1CNC(C)c1ccc(Br)cc1Cl. The zero-order valence-corrected chi connectivity index (χ0v) is 13.5. The fourth-order valence-electron chi connectivity index (χ4n) is 1.79. The van der Waals surface area contributed by atoms with Crippen molar-refractivity contribution in [1.29, 1.82) is 0 Å². The van der Waals surface area contributed by atoms with Gasteiger partial charge in [-0.25, -0.2) is 0 Å². The van der Waals surface area contributed by atoms with E-state index in [2.05, 4.69) is 51.9 Å². The van der Waals surface area contributed by atoms with Crippen molar-refractivity contribution in [2.75, 3.05) is 0 Å². The highest BCUT2D eigenvalue weighted by molar-refractivity contribution is 9.10. The van der Waals surface area contributed by atoms with Crippen LogP contribution in [0.3, 0.4) is 0 Å². The lowest BCUT2D eigenvalue weighted by Gasteiger charge is -2.16. The number of thiophene rings is 1. The predicted molar refractivity (Wildman–Crippen MR) is 83.5 cm³/mol. The van der Waals surface area contributed by atoms with Crippen LogP contribution in [0.25, 0.3) is 0 Å². The molecule has 0 amide bonds. The largest absolute Gasteiger partial charge is 0.306 e. The lowest BCUT2D eigenvalue weighted by atomic mass is 10.1. The maximum Gasteiger partial charge on any atom is 0.0464 e. The summed E-state index contributed by atoms with van der Waals surface area (Å²) < 4.78 is 1.01. The van der Waals surface area contributed by atoms with Crippen LogP contribution < -0.4 is 5.32 Å². The molecule has 1 heterocycles. The highest BCUT2D eigenvalue weighted by Crippen LogP contribution is 2.26. The molecule has 0 aliphatic carbocycles. The van der Waals surface area contributed by atoms with Crippen molar-refractivity contribution < 1.29 is 0 Å². The van der Waals surface area contributed by atoms with E-state index in [1.165, 1.54) is 11.1 Å². The fourth-order valence-corrected chi connectivity index (χ4v) is 3.49. The zero-order valence-electron chi connectivity index (χ0n) is 10.3. The van der Waals surface area contributed by atoms with E-state index in [0.717, 1.165) is 21.6 Å². The molecule has 0 radical (unpaired) electrons. The van der Waals surface area contributed by atoms with Gasteiger partial charge in [0.05, 0.1) is 0 Å². The number of rotatable bonds is 4. The van der Waals surface area contributed by atoms with Crippen molar-refractivity contribution >= 4 is 38.9 Å². The van der Waals surface area contributed by atoms with Crippen LogP contribution in [0.15, 0.2) is 33.4 Å². The smallest absolute Gasteiger partial charge is 0.0464 e. The third-order valence-electron chi connectivity index (χ3n) is 2.99. The van der Waals surface area contributed by atoms with Gasteiger partial charge in [0, 0.05) is 22.1 Å². The molecule has 0 aliphatic rings. The summed E-state index contributed by atoms with van der Waals surface area (Å²) in [4.78, 5) is 0. The molecule has 1 unspecified atom stereocenters. The van der Waals surface area contributed by atoms with Gasteiger partial charge in [-0.05, 0) is 53.4 Å². The summed E-state index contributed by atoms with van der Waals surface area (Å²) in [5, 5.41) is 8.67. The first-order valence-corrected chi connectivity index (χ1v) is 7.89. The van der Waals surface area contributed by atoms with Crippen LogP contribution in [0.4, 0.5) is 0 Å². The minimum absolute atomic E-state index is 0.241. The van der Waals surface area contributed by atoms with E-state index in [0.29, 0.717) is 0 Å². The average Bonchev–Trinajstić information content (AvgIpc) is 2.72. The Morgan fingerprint density at radius 1 is 1.39 bits per heavy atom. The van der Waals surface area contributed by atoms with Crippen LogP contribution in [0.2, 0.25) is 5.02 Å². The molecule has 0 bridgehead atoms. The minimum atomic E-state index is 0.241. The Labute approximate surface area is 125 Å². The molecule has 0 saturated heterocycles. The first-order chi connectivity index (χ1) is 8.58. The van der Waals surface area contributed by atoms with Gasteiger partial charge in [-0.3, -0.25) is 0 Å². The topological polar surface area (TPSA) is 12.0 Å². The molecule has 0 spiro atoms. The summed E-state index contributed by atoms with van der Waals surface area (Å²) in [5.74, 6) is 0. The van der Waals surface area contributed by atoms with Crippen LogP contribution >= 0.6 is 38.9 Å². The second-order valence-corrected chi connectivity index (χ2v) is 6.41. The number of halogens is 2. The lowest BCUT2D eigenvalue weighted by Crippen LogP contribution is -2.18. The number of nitrogens with one attached hydrogen (secondary N) is 1. The first-order valence-electron chi connectivity index (χ1n) is 5.78. The normalized spacial score (nSPS) is 12.7. The van der Waals surface area contributed by atoms with Crippen LogP contribution in [0.5, 0.6) is 0 Å². The number of hydrogen-bond acceptors (Lipinski definition) is 2. The fraction of sp³-hybridized carbons (Fsp3) is 0.286. The van der Waals surface area contributed by atoms with E-state index in [4.69, 9.17) is 11.6 Å². The highest BCUT2D eigenvalue weighted by atomic mass is 79.9. The van der Waals surface area contributed by atoms with E-state index in [9.17, 15) is 0 Å². The molecule has 4 heteroatoms. The monoisotopic (exact) mass is 343 g/mol. The van der Waals surface area contributed by atoms with E-state index in [1.807, 2.05) is 12.1 Å². The van der Waals surface area contributed by atoms with E-state index >= 15 is 0 Å². The quantitative estimate of drug-likeness (QED) is 0.791. The van der Waals surface area contributed by atoms with Crippen molar-refractivity contribution in [1.82, 2.24) is 5.32 Å². The molecule has 2 rings (SSSR count). The summed E-state index contributed by atoms with van der Waals surface area (Å²) in [5.41, 5.74) is 3.84. The third-order valence-corrected chi connectivity index (χ3v) is 4.72. The van der Waals surface area contributed by atoms with Gasteiger partial charge in [-0.1, -0.05) is 33.6 Å². The summed E-state index contributed by atoms with van der Waals surface area (Å²) in [6, 6.07) is 6.26. The standard InChI is InChI=1S/C14H15BrClNS/c1-9-7-18-8-11(9)6-17-10(2)13-4-3-12(15)5-14(13)16/h3-5,7-8,10,17H,6H2,1-2H3. The Balaban J connectivity index is 2.03. The number of aryl methyl sites for hydroxylation is 1. The Hall–Kier alpha value is -0.350. The van der Waals surface area contributed by atoms with Gasteiger partial charge in [0.1, 0.15) is 0 Å². The first kappa shape index (κ1) is 14.1. The van der Waals surface area contributed by atoms with Crippen LogP contribution in [-0.2, 0) is 6.54 Å². The van der Waals surface area contributed by atoms with Crippen LogP contribution in [0.1, 0.15) is 29.7 Å². The van der Waals surface area contributed by atoms with Crippen LogP contribution in [0, 0.1) is 6.92 Å². The maximum absolute atomic E-state index is 6.25. The molecule has 1 aromatic heterocycles. The molecule has 1 N–H and O–H groups in total. The molecule has 0 aliphatic heterocycles. The van der Waals surface area contributed by atoms with Gasteiger partial charge in [-0.2, -0.15) is 11.3 Å². The second kappa shape index (κ2) is 6.20. The molecule has 0 saturated carbocycles. The molecular formula is C14H15BrClNS. The lowest BCUT2D eigenvalue weighted by molar-refractivity contribution is 0.574. The molecule has 96 valence electrons. The van der Waals surface area contributed by atoms with Crippen molar-refractivity contribution in [3.8, 4) is 0 Å². The summed E-state index contributed by atoms with van der Waals surface area (Å²) in [6.45, 7) is 5.16. The van der Waals surface area contributed by atoms with Gasteiger partial charge in [0.2, 0.25) is 0 Å². The highest BCUT2D eigenvalue weighted by Gasteiger charge is 2.10. The Morgan fingerprint density at radius 2 is 2.17 bits per heavy atom. The van der Waals surface area contributed by atoms with Gasteiger partial charge < -0.3 is 5.32 Å². The number of hydrogen-bond donors (Lipinski definition) is 1. The third kappa shape index (κ3) is 3.35. The van der Waals surface area contributed by atoms with Crippen molar-refractivity contribution in [2.24, 2.45) is 0 Å². The van der Waals surface area contributed by atoms with Gasteiger partial charge in [-0.15, -0.1) is 0 Å². The van der Waals surface area contributed by atoms with Crippen LogP contribution in [-0.4, -0.2) is 0 Å². The molecule has 1 aromatic carbocycles.